The molecule has 3 aromatic rings. The monoisotopic (exact) mass is 436 g/mol. The fourth-order valence-electron chi connectivity index (χ4n) is 3.83. The van der Waals surface area contributed by atoms with E-state index in [9.17, 15) is 14.0 Å². The van der Waals surface area contributed by atoms with E-state index >= 15 is 0 Å². The van der Waals surface area contributed by atoms with Gasteiger partial charge in [-0.15, -0.1) is 10.2 Å². The van der Waals surface area contributed by atoms with Crippen molar-refractivity contribution >= 4 is 29.1 Å². The second-order valence-electron chi connectivity index (χ2n) is 7.79. The van der Waals surface area contributed by atoms with Crippen LogP contribution >= 0.6 is 11.8 Å². The molecular weight excluding hydrogens is 415 g/mol. The van der Waals surface area contributed by atoms with Crippen molar-refractivity contribution in [2.24, 2.45) is 0 Å². The van der Waals surface area contributed by atoms with Gasteiger partial charge in [0.15, 0.2) is 16.8 Å². The van der Waals surface area contributed by atoms with Crippen LogP contribution in [0.25, 0.3) is 11.4 Å². The van der Waals surface area contributed by atoms with Gasteiger partial charge in [0.2, 0.25) is 5.91 Å². The predicted molar refractivity (Wildman–Crippen MR) is 117 cm³/mol. The Morgan fingerprint density at radius 3 is 2.55 bits per heavy atom. The zero-order valence-electron chi connectivity index (χ0n) is 16.8. The second-order valence-corrected chi connectivity index (χ2v) is 8.74. The lowest BCUT2D eigenvalue weighted by Gasteiger charge is -2.15. The zero-order valence-corrected chi connectivity index (χ0v) is 17.6. The third-order valence-corrected chi connectivity index (χ3v) is 6.54. The fraction of sp³-hybridized carbons (Fsp3) is 0.304. The number of nitrogens with zero attached hydrogens (tertiary/aromatic N) is 4. The standard InChI is InChI=1S/C23H21FN4O2S/c24-19-5-2-1-4-18(19)22-25-26-23(28(22)17-11-12-17)31-14-20(29)15-7-9-16(10-8-15)27-13-3-6-21(27)30/h1-2,4-5,7-10,17H,3,6,11-14H2. The summed E-state index contributed by atoms with van der Waals surface area (Å²) in [4.78, 5) is 26.4. The predicted octanol–water partition coefficient (Wildman–Crippen LogP) is 4.52. The average molecular weight is 437 g/mol. The SMILES string of the molecule is O=C(CSc1nnc(-c2ccccc2F)n1C1CC1)c1ccc(N2CCCC2=O)cc1. The van der Waals surface area contributed by atoms with Gasteiger partial charge in [-0.2, -0.15) is 0 Å². The van der Waals surface area contributed by atoms with Gasteiger partial charge in [-0.05, 0) is 55.7 Å². The molecule has 31 heavy (non-hydrogen) atoms. The fourth-order valence-corrected chi connectivity index (χ4v) is 4.73. The quantitative estimate of drug-likeness (QED) is 0.402. The van der Waals surface area contributed by atoms with E-state index in [2.05, 4.69) is 10.2 Å². The summed E-state index contributed by atoms with van der Waals surface area (Å²) in [7, 11) is 0. The van der Waals surface area contributed by atoms with Crippen LogP contribution in [0.5, 0.6) is 0 Å². The Hall–Kier alpha value is -3.00. The second kappa shape index (κ2) is 8.26. The van der Waals surface area contributed by atoms with Crippen LogP contribution in [-0.4, -0.2) is 38.8 Å². The Balaban J connectivity index is 1.30. The van der Waals surface area contributed by atoms with Crippen LogP contribution in [0.2, 0.25) is 0 Å². The Kier molecular flexibility index (Phi) is 5.31. The molecule has 158 valence electrons. The van der Waals surface area contributed by atoms with Gasteiger partial charge in [0.25, 0.3) is 0 Å². The van der Waals surface area contributed by atoms with Crippen LogP contribution in [0, 0.1) is 5.82 Å². The van der Waals surface area contributed by atoms with Gasteiger partial charge in [0, 0.05) is 30.3 Å². The number of hydrogen-bond acceptors (Lipinski definition) is 5. The van der Waals surface area contributed by atoms with E-state index in [-0.39, 0.29) is 29.3 Å². The minimum atomic E-state index is -0.332. The molecule has 2 fully saturated rings. The van der Waals surface area contributed by atoms with Gasteiger partial charge >= 0.3 is 0 Å². The highest BCUT2D eigenvalue weighted by Gasteiger charge is 2.31. The van der Waals surface area contributed by atoms with E-state index in [0.717, 1.165) is 31.5 Å². The number of halogens is 1. The van der Waals surface area contributed by atoms with Gasteiger partial charge in [0.05, 0.1) is 11.3 Å². The van der Waals surface area contributed by atoms with Gasteiger partial charge in [-0.3, -0.25) is 14.2 Å². The number of aromatic nitrogens is 3. The molecule has 0 unspecified atom stereocenters. The summed E-state index contributed by atoms with van der Waals surface area (Å²) in [6.07, 6.45) is 3.44. The zero-order chi connectivity index (χ0) is 21.4. The van der Waals surface area contributed by atoms with Crippen LogP contribution in [0.3, 0.4) is 0 Å². The van der Waals surface area contributed by atoms with E-state index < -0.39 is 0 Å². The molecular formula is C23H21FN4O2S. The third kappa shape index (κ3) is 3.99. The summed E-state index contributed by atoms with van der Waals surface area (Å²) in [5.74, 6) is 0.488. The first-order chi connectivity index (χ1) is 15.1. The van der Waals surface area contributed by atoms with Crippen molar-refractivity contribution < 1.29 is 14.0 Å². The summed E-state index contributed by atoms with van der Waals surface area (Å²) < 4.78 is 16.2. The summed E-state index contributed by atoms with van der Waals surface area (Å²) in [6, 6.07) is 14.0. The van der Waals surface area contributed by atoms with E-state index in [1.54, 1.807) is 35.2 Å². The van der Waals surface area contributed by atoms with Crippen molar-refractivity contribution in [3.8, 4) is 11.4 Å². The van der Waals surface area contributed by atoms with Crippen LogP contribution < -0.4 is 4.90 Å². The number of anilines is 1. The molecule has 0 atom stereocenters. The number of carbonyl (C=O) groups is 2. The molecule has 8 heteroatoms. The van der Waals surface area contributed by atoms with Crippen molar-refractivity contribution in [2.75, 3.05) is 17.2 Å². The highest BCUT2D eigenvalue weighted by atomic mass is 32.2. The van der Waals surface area contributed by atoms with Gasteiger partial charge in [0.1, 0.15) is 5.82 Å². The number of rotatable bonds is 7. The number of carbonyl (C=O) groups excluding carboxylic acids is 2. The molecule has 2 heterocycles. The molecule has 2 aliphatic rings. The summed E-state index contributed by atoms with van der Waals surface area (Å²) in [5.41, 5.74) is 1.84. The Bertz CT molecular complexity index is 1140. The van der Waals surface area contributed by atoms with Gasteiger partial charge in [-0.1, -0.05) is 23.9 Å². The minimum Gasteiger partial charge on any atom is -0.312 e. The Morgan fingerprint density at radius 2 is 1.87 bits per heavy atom. The third-order valence-electron chi connectivity index (χ3n) is 5.60. The highest BCUT2D eigenvalue weighted by Crippen LogP contribution is 2.41. The number of ketones is 1. The lowest BCUT2D eigenvalue weighted by Crippen LogP contribution is -2.23. The minimum absolute atomic E-state index is 0.0258. The Morgan fingerprint density at radius 1 is 1.10 bits per heavy atom. The molecule has 0 spiro atoms. The van der Waals surface area contributed by atoms with Gasteiger partial charge < -0.3 is 4.90 Å². The van der Waals surface area contributed by atoms with Crippen molar-refractivity contribution in [3.63, 3.8) is 0 Å². The van der Waals surface area contributed by atoms with E-state index in [4.69, 9.17) is 0 Å². The molecule has 1 amide bonds. The first-order valence-corrected chi connectivity index (χ1v) is 11.4. The van der Waals surface area contributed by atoms with Crippen molar-refractivity contribution in [1.82, 2.24) is 14.8 Å². The van der Waals surface area contributed by atoms with Crippen LogP contribution in [0.1, 0.15) is 42.1 Å². The summed E-state index contributed by atoms with van der Waals surface area (Å²) in [6.45, 7) is 0.725. The van der Waals surface area contributed by atoms with E-state index in [1.165, 1.54) is 17.8 Å². The molecule has 0 bridgehead atoms. The molecule has 5 rings (SSSR count). The number of amides is 1. The maximum absolute atomic E-state index is 14.3. The topological polar surface area (TPSA) is 68.1 Å². The summed E-state index contributed by atoms with van der Waals surface area (Å²) in [5, 5.41) is 9.11. The van der Waals surface area contributed by atoms with Crippen LogP contribution in [-0.2, 0) is 4.79 Å². The molecule has 0 N–H and O–H groups in total. The lowest BCUT2D eigenvalue weighted by atomic mass is 10.1. The average Bonchev–Trinajstić information content (AvgIpc) is 3.40. The number of benzene rings is 2. The van der Waals surface area contributed by atoms with Crippen LogP contribution in [0.4, 0.5) is 10.1 Å². The molecule has 1 aromatic heterocycles. The lowest BCUT2D eigenvalue weighted by molar-refractivity contribution is -0.117. The van der Waals surface area contributed by atoms with E-state index in [0.29, 0.717) is 28.5 Å². The molecule has 6 nitrogen and oxygen atoms in total. The molecule has 1 saturated carbocycles. The molecule has 2 aromatic carbocycles. The molecule has 1 saturated heterocycles. The van der Waals surface area contributed by atoms with Crippen molar-refractivity contribution in [1.29, 1.82) is 0 Å². The smallest absolute Gasteiger partial charge is 0.227 e. The molecule has 0 radical (unpaired) electrons. The number of Topliss-reactive ketones (excluding diaryl/α,β-unsaturated/α-hetero) is 1. The highest BCUT2D eigenvalue weighted by molar-refractivity contribution is 7.99. The normalized spacial score (nSPS) is 16.2. The Labute approximate surface area is 183 Å². The maximum Gasteiger partial charge on any atom is 0.227 e. The maximum atomic E-state index is 14.3. The van der Waals surface area contributed by atoms with Crippen LogP contribution in [0.15, 0.2) is 53.7 Å². The molecule has 1 aliphatic carbocycles. The van der Waals surface area contributed by atoms with Crippen molar-refractivity contribution in [2.45, 2.75) is 36.9 Å². The number of thioether (sulfide) groups is 1. The molecule has 1 aliphatic heterocycles. The first-order valence-electron chi connectivity index (χ1n) is 10.4. The van der Waals surface area contributed by atoms with Crippen molar-refractivity contribution in [3.05, 3.63) is 59.9 Å². The summed E-state index contributed by atoms with van der Waals surface area (Å²) >= 11 is 1.32. The number of hydrogen-bond donors (Lipinski definition) is 0. The first kappa shape index (κ1) is 19.9. The largest absolute Gasteiger partial charge is 0.312 e. The van der Waals surface area contributed by atoms with E-state index in [1.807, 2.05) is 16.7 Å². The van der Waals surface area contributed by atoms with Gasteiger partial charge in [-0.25, -0.2) is 4.39 Å².